The fourth-order valence-corrected chi connectivity index (χ4v) is 1.45. The summed E-state index contributed by atoms with van der Waals surface area (Å²) in [5.74, 6) is -0.575. The van der Waals surface area contributed by atoms with Gasteiger partial charge in [0.15, 0.2) is 0 Å². The van der Waals surface area contributed by atoms with Gasteiger partial charge in [-0.3, -0.25) is 4.79 Å². The number of hydrogen-bond donors (Lipinski definition) is 3. The van der Waals surface area contributed by atoms with Gasteiger partial charge in [-0.15, -0.1) is 0 Å². The van der Waals surface area contributed by atoms with Crippen LogP contribution in [0.1, 0.15) is 24.2 Å². The number of carbonyl (C=O) groups excluding carboxylic acids is 1. The molecule has 5 heteroatoms. The van der Waals surface area contributed by atoms with Crippen LogP contribution in [0.3, 0.4) is 0 Å². The summed E-state index contributed by atoms with van der Waals surface area (Å²) >= 11 is 5.76. The van der Waals surface area contributed by atoms with E-state index in [4.69, 9.17) is 16.7 Å². The van der Waals surface area contributed by atoms with Gasteiger partial charge in [0, 0.05) is 17.7 Å². The number of amides is 1. The van der Waals surface area contributed by atoms with Gasteiger partial charge < -0.3 is 15.5 Å². The standard InChI is InChI=1S/C12H16ClNO3/c1-7(6-15)8(2)14-12(17)10-5-9(13)3-4-11(10)16/h3-5,7-8,15-16H,6H2,1-2H3,(H,14,17). The van der Waals surface area contributed by atoms with E-state index in [9.17, 15) is 9.90 Å². The Labute approximate surface area is 105 Å². The Morgan fingerprint density at radius 1 is 1.47 bits per heavy atom. The van der Waals surface area contributed by atoms with Crippen molar-refractivity contribution < 1.29 is 15.0 Å². The van der Waals surface area contributed by atoms with Crippen LogP contribution in [-0.4, -0.2) is 28.8 Å². The molecule has 1 amide bonds. The van der Waals surface area contributed by atoms with Crippen molar-refractivity contribution in [2.45, 2.75) is 19.9 Å². The molecule has 0 aliphatic rings. The largest absolute Gasteiger partial charge is 0.507 e. The van der Waals surface area contributed by atoms with E-state index in [1.54, 1.807) is 6.92 Å². The lowest BCUT2D eigenvalue weighted by Gasteiger charge is -2.19. The third kappa shape index (κ3) is 3.61. The minimum atomic E-state index is -0.405. The fraction of sp³-hybridized carbons (Fsp3) is 0.417. The molecule has 0 spiro atoms. The number of nitrogens with one attached hydrogen (secondary N) is 1. The second kappa shape index (κ2) is 5.89. The molecule has 0 heterocycles. The summed E-state index contributed by atoms with van der Waals surface area (Å²) in [5.41, 5.74) is 0.134. The number of phenolic OH excluding ortho intramolecular Hbond substituents is 1. The highest BCUT2D eigenvalue weighted by atomic mass is 35.5. The van der Waals surface area contributed by atoms with E-state index in [1.807, 2.05) is 6.92 Å². The van der Waals surface area contributed by atoms with Crippen LogP contribution in [0.15, 0.2) is 18.2 Å². The number of aromatic hydroxyl groups is 1. The van der Waals surface area contributed by atoms with Crippen LogP contribution in [0.5, 0.6) is 5.75 Å². The first-order chi connectivity index (χ1) is 7.95. The zero-order valence-electron chi connectivity index (χ0n) is 9.77. The molecule has 4 nitrogen and oxygen atoms in total. The summed E-state index contributed by atoms with van der Waals surface area (Å²) in [6.45, 7) is 3.60. The Morgan fingerprint density at radius 2 is 2.12 bits per heavy atom. The number of aliphatic hydroxyl groups excluding tert-OH is 1. The molecule has 94 valence electrons. The van der Waals surface area contributed by atoms with Crippen LogP contribution in [0, 0.1) is 5.92 Å². The van der Waals surface area contributed by atoms with Gasteiger partial charge in [0.1, 0.15) is 5.75 Å². The zero-order valence-corrected chi connectivity index (χ0v) is 10.5. The Hall–Kier alpha value is -1.26. The van der Waals surface area contributed by atoms with Crippen molar-refractivity contribution in [2.24, 2.45) is 5.92 Å². The first kappa shape index (κ1) is 13.8. The number of aliphatic hydroxyl groups is 1. The number of phenols is 1. The summed E-state index contributed by atoms with van der Waals surface area (Å²) in [5, 5.41) is 21.6. The van der Waals surface area contributed by atoms with Gasteiger partial charge >= 0.3 is 0 Å². The van der Waals surface area contributed by atoms with Crippen LogP contribution in [0.25, 0.3) is 0 Å². The van der Waals surface area contributed by atoms with E-state index in [0.717, 1.165) is 0 Å². The number of carbonyl (C=O) groups is 1. The number of rotatable bonds is 4. The minimum absolute atomic E-state index is 0.0109. The maximum absolute atomic E-state index is 11.8. The average Bonchev–Trinajstić information content (AvgIpc) is 2.30. The topological polar surface area (TPSA) is 69.6 Å². The molecule has 2 atom stereocenters. The first-order valence-corrected chi connectivity index (χ1v) is 5.73. The van der Waals surface area contributed by atoms with Crippen molar-refractivity contribution in [2.75, 3.05) is 6.61 Å². The number of hydrogen-bond acceptors (Lipinski definition) is 3. The second-order valence-electron chi connectivity index (χ2n) is 4.08. The highest BCUT2D eigenvalue weighted by Crippen LogP contribution is 2.21. The van der Waals surface area contributed by atoms with Crippen molar-refractivity contribution in [1.82, 2.24) is 5.32 Å². The molecule has 0 saturated heterocycles. The number of halogens is 1. The van der Waals surface area contributed by atoms with E-state index in [1.165, 1.54) is 18.2 Å². The predicted molar refractivity (Wildman–Crippen MR) is 66.3 cm³/mol. The highest BCUT2D eigenvalue weighted by molar-refractivity contribution is 6.31. The summed E-state index contributed by atoms with van der Waals surface area (Å²) in [4.78, 5) is 11.8. The van der Waals surface area contributed by atoms with Gasteiger partial charge in [0.25, 0.3) is 5.91 Å². The van der Waals surface area contributed by atoms with Gasteiger partial charge in [-0.25, -0.2) is 0 Å². The molecule has 1 aromatic rings. The first-order valence-electron chi connectivity index (χ1n) is 5.36. The van der Waals surface area contributed by atoms with Crippen LogP contribution in [-0.2, 0) is 0 Å². The second-order valence-corrected chi connectivity index (χ2v) is 4.52. The molecule has 0 fully saturated rings. The smallest absolute Gasteiger partial charge is 0.255 e. The molecule has 0 aliphatic heterocycles. The van der Waals surface area contributed by atoms with Crippen molar-refractivity contribution >= 4 is 17.5 Å². The minimum Gasteiger partial charge on any atom is -0.507 e. The monoisotopic (exact) mass is 257 g/mol. The summed E-state index contributed by atoms with van der Waals surface area (Å²) < 4.78 is 0. The fourth-order valence-electron chi connectivity index (χ4n) is 1.28. The van der Waals surface area contributed by atoms with Crippen molar-refractivity contribution in [1.29, 1.82) is 0 Å². The zero-order chi connectivity index (χ0) is 13.0. The van der Waals surface area contributed by atoms with E-state index in [-0.39, 0.29) is 29.9 Å². The summed E-state index contributed by atoms with van der Waals surface area (Å²) in [6, 6.07) is 4.10. The molecule has 2 unspecified atom stereocenters. The van der Waals surface area contributed by atoms with Gasteiger partial charge in [0.05, 0.1) is 5.56 Å². The van der Waals surface area contributed by atoms with Crippen LogP contribution < -0.4 is 5.32 Å². The van der Waals surface area contributed by atoms with Gasteiger partial charge in [-0.2, -0.15) is 0 Å². The SMILES string of the molecule is CC(CO)C(C)NC(=O)c1cc(Cl)ccc1O. The molecule has 0 bridgehead atoms. The molecular formula is C12H16ClNO3. The lowest BCUT2D eigenvalue weighted by Crippen LogP contribution is -2.38. The maximum atomic E-state index is 11.8. The third-order valence-corrected chi connectivity index (χ3v) is 2.94. The molecule has 3 N–H and O–H groups in total. The van der Waals surface area contributed by atoms with E-state index in [2.05, 4.69) is 5.32 Å². The van der Waals surface area contributed by atoms with E-state index in [0.29, 0.717) is 5.02 Å². The summed E-state index contributed by atoms with van der Waals surface area (Å²) in [6.07, 6.45) is 0. The highest BCUT2D eigenvalue weighted by Gasteiger charge is 2.17. The van der Waals surface area contributed by atoms with Crippen LogP contribution in [0.2, 0.25) is 5.02 Å². The molecule has 1 aromatic carbocycles. The Morgan fingerprint density at radius 3 is 2.71 bits per heavy atom. The van der Waals surface area contributed by atoms with Gasteiger partial charge in [-0.05, 0) is 31.0 Å². The van der Waals surface area contributed by atoms with Crippen molar-refractivity contribution in [3.63, 3.8) is 0 Å². The third-order valence-electron chi connectivity index (χ3n) is 2.70. The van der Waals surface area contributed by atoms with Gasteiger partial charge in [0.2, 0.25) is 0 Å². The molecule has 17 heavy (non-hydrogen) atoms. The van der Waals surface area contributed by atoms with Crippen LogP contribution in [0.4, 0.5) is 0 Å². The molecule has 0 radical (unpaired) electrons. The molecule has 0 aromatic heterocycles. The Bertz CT molecular complexity index is 409. The van der Waals surface area contributed by atoms with E-state index >= 15 is 0 Å². The molecule has 0 saturated carbocycles. The maximum Gasteiger partial charge on any atom is 0.255 e. The lowest BCUT2D eigenvalue weighted by molar-refractivity contribution is 0.0913. The van der Waals surface area contributed by atoms with Gasteiger partial charge in [-0.1, -0.05) is 18.5 Å². The normalized spacial score (nSPS) is 14.1. The molecule has 1 rings (SSSR count). The van der Waals surface area contributed by atoms with Crippen LogP contribution >= 0.6 is 11.6 Å². The number of benzene rings is 1. The molecule has 0 aliphatic carbocycles. The van der Waals surface area contributed by atoms with E-state index < -0.39 is 5.91 Å². The average molecular weight is 258 g/mol. The Kier molecular flexibility index (Phi) is 4.78. The van der Waals surface area contributed by atoms with Crippen molar-refractivity contribution in [3.05, 3.63) is 28.8 Å². The quantitative estimate of drug-likeness (QED) is 0.770. The van der Waals surface area contributed by atoms with Crippen molar-refractivity contribution in [3.8, 4) is 5.75 Å². The molecular weight excluding hydrogens is 242 g/mol. The summed E-state index contributed by atoms with van der Waals surface area (Å²) in [7, 11) is 0. The lowest BCUT2D eigenvalue weighted by atomic mass is 10.0. The Balaban J connectivity index is 2.79. The predicted octanol–water partition coefficient (Wildman–Crippen LogP) is 1.79.